The van der Waals surface area contributed by atoms with E-state index in [4.69, 9.17) is 10.5 Å². The van der Waals surface area contributed by atoms with Crippen molar-refractivity contribution in [3.63, 3.8) is 0 Å². The normalized spacial score (nSPS) is 26.2. The maximum atomic E-state index is 6.09. The molecule has 0 radical (unpaired) electrons. The van der Waals surface area contributed by atoms with Crippen LogP contribution in [0.2, 0.25) is 0 Å². The Kier molecular flexibility index (Phi) is 4.25. The lowest BCUT2D eigenvalue weighted by molar-refractivity contribution is 0.247. The third-order valence-corrected chi connectivity index (χ3v) is 4.03. The lowest BCUT2D eigenvalue weighted by Gasteiger charge is -2.24. The topological polar surface area (TPSA) is 38.5 Å². The molecule has 3 atom stereocenters. The summed E-state index contributed by atoms with van der Waals surface area (Å²) in [5, 5.41) is 0. The van der Waals surface area contributed by atoms with Crippen molar-refractivity contribution in [3.05, 3.63) is 29.8 Å². The van der Waals surface area contributed by atoms with Crippen molar-refractivity contribution in [2.45, 2.75) is 32.4 Å². The summed E-state index contributed by atoms with van der Waals surface area (Å²) >= 11 is 0. The van der Waals surface area contributed by atoms with Crippen molar-refractivity contribution >= 4 is 0 Å². The molecule has 1 aliphatic heterocycles. The van der Waals surface area contributed by atoms with Gasteiger partial charge in [0, 0.05) is 25.2 Å². The first-order valence-electron chi connectivity index (χ1n) is 6.73. The van der Waals surface area contributed by atoms with Crippen molar-refractivity contribution in [2.24, 2.45) is 11.7 Å². The Morgan fingerprint density at radius 2 is 2.11 bits per heavy atom. The molecule has 0 amide bonds. The zero-order valence-electron chi connectivity index (χ0n) is 11.6. The highest BCUT2D eigenvalue weighted by molar-refractivity contribution is 5.33. The summed E-state index contributed by atoms with van der Waals surface area (Å²) in [5.74, 6) is 1.59. The third kappa shape index (κ3) is 2.85. The Morgan fingerprint density at radius 1 is 1.39 bits per heavy atom. The standard InChI is InChI=1S/C15H24N2O/c1-11-9-17(10-14(11)16)12(2)8-13-6-4-5-7-15(13)18-3/h4-7,11-12,14H,8-10,16H2,1-3H3. The van der Waals surface area contributed by atoms with E-state index in [9.17, 15) is 0 Å². The number of para-hydroxylation sites is 1. The number of methoxy groups -OCH3 is 1. The molecule has 3 unspecified atom stereocenters. The maximum absolute atomic E-state index is 6.09. The van der Waals surface area contributed by atoms with Crippen LogP contribution < -0.4 is 10.5 Å². The molecule has 18 heavy (non-hydrogen) atoms. The molecule has 1 fully saturated rings. The number of ether oxygens (including phenoxy) is 1. The van der Waals surface area contributed by atoms with Gasteiger partial charge in [0.1, 0.15) is 5.75 Å². The van der Waals surface area contributed by atoms with Gasteiger partial charge >= 0.3 is 0 Å². The molecule has 0 saturated carbocycles. The molecule has 1 aromatic rings. The van der Waals surface area contributed by atoms with Gasteiger partial charge in [-0.05, 0) is 30.9 Å². The van der Waals surface area contributed by atoms with Crippen LogP contribution in [-0.2, 0) is 6.42 Å². The van der Waals surface area contributed by atoms with Crippen LogP contribution in [0.15, 0.2) is 24.3 Å². The van der Waals surface area contributed by atoms with E-state index >= 15 is 0 Å². The van der Waals surface area contributed by atoms with Crippen molar-refractivity contribution in [1.82, 2.24) is 4.90 Å². The van der Waals surface area contributed by atoms with Crippen LogP contribution in [0.25, 0.3) is 0 Å². The summed E-state index contributed by atoms with van der Waals surface area (Å²) in [4.78, 5) is 2.49. The van der Waals surface area contributed by atoms with E-state index in [-0.39, 0.29) is 0 Å². The first-order valence-corrected chi connectivity index (χ1v) is 6.73. The lowest BCUT2D eigenvalue weighted by Crippen LogP contribution is -2.35. The first kappa shape index (κ1) is 13.4. The number of nitrogens with zero attached hydrogens (tertiary/aromatic N) is 1. The molecule has 2 N–H and O–H groups in total. The van der Waals surface area contributed by atoms with Crippen LogP contribution in [0.5, 0.6) is 5.75 Å². The van der Waals surface area contributed by atoms with Crippen molar-refractivity contribution in [2.75, 3.05) is 20.2 Å². The average molecular weight is 248 g/mol. The minimum absolute atomic E-state index is 0.324. The van der Waals surface area contributed by atoms with E-state index in [1.165, 1.54) is 5.56 Å². The molecule has 1 heterocycles. The fourth-order valence-electron chi connectivity index (χ4n) is 2.71. The summed E-state index contributed by atoms with van der Waals surface area (Å²) < 4.78 is 5.41. The number of benzene rings is 1. The number of hydrogen-bond donors (Lipinski definition) is 1. The minimum Gasteiger partial charge on any atom is -0.496 e. The summed E-state index contributed by atoms with van der Waals surface area (Å²) in [6.07, 6.45) is 1.02. The second-order valence-electron chi connectivity index (χ2n) is 5.46. The van der Waals surface area contributed by atoms with Crippen LogP contribution >= 0.6 is 0 Å². The third-order valence-electron chi connectivity index (χ3n) is 4.03. The van der Waals surface area contributed by atoms with Crippen LogP contribution in [0, 0.1) is 5.92 Å². The molecule has 1 aliphatic rings. The largest absolute Gasteiger partial charge is 0.496 e. The molecule has 2 rings (SSSR count). The summed E-state index contributed by atoms with van der Waals surface area (Å²) in [7, 11) is 1.73. The zero-order chi connectivity index (χ0) is 13.1. The second-order valence-corrected chi connectivity index (χ2v) is 5.46. The summed E-state index contributed by atoms with van der Waals surface area (Å²) in [6, 6.07) is 9.10. The van der Waals surface area contributed by atoms with Crippen LogP contribution in [-0.4, -0.2) is 37.2 Å². The smallest absolute Gasteiger partial charge is 0.122 e. The number of rotatable bonds is 4. The molecule has 1 saturated heterocycles. The Bertz CT molecular complexity index is 384. The molecular formula is C15H24N2O. The Balaban J connectivity index is 2.01. The van der Waals surface area contributed by atoms with E-state index in [0.717, 1.165) is 25.3 Å². The summed E-state index contributed by atoms with van der Waals surface area (Å²) in [6.45, 7) is 6.63. The second kappa shape index (κ2) is 5.72. The Hall–Kier alpha value is -1.06. The van der Waals surface area contributed by atoms with Gasteiger partial charge in [-0.1, -0.05) is 25.1 Å². The molecule has 0 bridgehead atoms. The highest BCUT2D eigenvalue weighted by Crippen LogP contribution is 2.23. The molecule has 3 nitrogen and oxygen atoms in total. The number of likely N-dealkylation sites (tertiary alicyclic amines) is 1. The van der Waals surface area contributed by atoms with E-state index in [0.29, 0.717) is 18.0 Å². The van der Waals surface area contributed by atoms with E-state index < -0.39 is 0 Å². The minimum atomic E-state index is 0.324. The lowest BCUT2D eigenvalue weighted by atomic mass is 10.1. The van der Waals surface area contributed by atoms with Gasteiger partial charge in [-0.15, -0.1) is 0 Å². The molecule has 0 aliphatic carbocycles. The Morgan fingerprint density at radius 3 is 2.72 bits per heavy atom. The number of hydrogen-bond acceptors (Lipinski definition) is 3. The van der Waals surface area contributed by atoms with E-state index in [2.05, 4.69) is 30.9 Å². The molecular weight excluding hydrogens is 224 g/mol. The molecule has 0 spiro atoms. The van der Waals surface area contributed by atoms with Gasteiger partial charge in [-0.2, -0.15) is 0 Å². The van der Waals surface area contributed by atoms with Crippen molar-refractivity contribution < 1.29 is 4.74 Å². The molecule has 3 heteroatoms. The first-order chi connectivity index (χ1) is 8.61. The van der Waals surface area contributed by atoms with E-state index in [1.54, 1.807) is 7.11 Å². The monoisotopic (exact) mass is 248 g/mol. The van der Waals surface area contributed by atoms with Gasteiger partial charge in [-0.25, -0.2) is 0 Å². The predicted molar refractivity (Wildman–Crippen MR) is 74.9 cm³/mol. The highest BCUT2D eigenvalue weighted by Gasteiger charge is 2.29. The van der Waals surface area contributed by atoms with Gasteiger partial charge in [0.25, 0.3) is 0 Å². The Labute approximate surface area is 110 Å². The number of nitrogens with two attached hydrogens (primary N) is 1. The zero-order valence-corrected chi connectivity index (χ0v) is 11.6. The fraction of sp³-hybridized carbons (Fsp3) is 0.600. The van der Waals surface area contributed by atoms with Crippen LogP contribution in [0.3, 0.4) is 0 Å². The quantitative estimate of drug-likeness (QED) is 0.884. The van der Waals surface area contributed by atoms with Crippen LogP contribution in [0.1, 0.15) is 19.4 Å². The van der Waals surface area contributed by atoms with Gasteiger partial charge in [0.15, 0.2) is 0 Å². The van der Waals surface area contributed by atoms with Gasteiger partial charge in [0.2, 0.25) is 0 Å². The van der Waals surface area contributed by atoms with Gasteiger partial charge in [0.05, 0.1) is 7.11 Å². The van der Waals surface area contributed by atoms with E-state index in [1.807, 2.05) is 12.1 Å². The fourth-order valence-corrected chi connectivity index (χ4v) is 2.71. The SMILES string of the molecule is COc1ccccc1CC(C)N1CC(C)C(N)C1. The molecule has 1 aromatic carbocycles. The molecule has 100 valence electrons. The average Bonchev–Trinajstić information content (AvgIpc) is 2.70. The highest BCUT2D eigenvalue weighted by atomic mass is 16.5. The predicted octanol–water partition coefficient (Wildman–Crippen LogP) is 1.91. The summed E-state index contributed by atoms with van der Waals surface area (Å²) in [5.41, 5.74) is 7.37. The van der Waals surface area contributed by atoms with Crippen LogP contribution in [0.4, 0.5) is 0 Å². The van der Waals surface area contributed by atoms with Crippen molar-refractivity contribution in [1.29, 1.82) is 0 Å². The van der Waals surface area contributed by atoms with Gasteiger partial charge < -0.3 is 10.5 Å². The van der Waals surface area contributed by atoms with Crippen molar-refractivity contribution in [3.8, 4) is 5.75 Å². The maximum Gasteiger partial charge on any atom is 0.122 e. The molecule has 0 aromatic heterocycles. The van der Waals surface area contributed by atoms with Gasteiger partial charge in [-0.3, -0.25) is 4.90 Å².